The lowest BCUT2D eigenvalue weighted by Gasteiger charge is -2.13. The Kier molecular flexibility index (Phi) is 5.85. The average Bonchev–Trinajstić information content (AvgIpc) is 2.66. The number of hydrogen-bond donors (Lipinski definition) is 0. The summed E-state index contributed by atoms with van der Waals surface area (Å²) in [4.78, 5) is 13.0. The third-order valence-corrected chi connectivity index (χ3v) is 4.53. The van der Waals surface area contributed by atoms with E-state index < -0.39 is 6.04 Å². The zero-order chi connectivity index (χ0) is 18.5. The van der Waals surface area contributed by atoms with Gasteiger partial charge in [-0.2, -0.15) is 5.26 Å². The maximum Gasteiger partial charge on any atom is 0.140 e. The van der Waals surface area contributed by atoms with Crippen LogP contribution in [0.15, 0.2) is 59.9 Å². The number of aliphatic imine (C=N–C) groups is 1. The largest absolute Gasteiger partial charge is 0.278 e. The van der Waals surface area contributed by atoms with Crippen LogP contribution in [-0.2, 0) is 0 Å². The lowest BCUT2D eigenvalue weighted by atomic mass is 10.0. The molecule has 0 saturated heterocycles. The van der Waals surface area contributed by atoms with Crippen molar-refractivity contribution in [1.29, 1.82) is 5.26 Å². The Bertz CT molecular complexity index is 977. The van der Waals surface area contributed by atoms with Crippen molar-refractivity contribution in [3.63, 3.8) is 0 Å². The molecule has 128 valence electrons. The van der Waals surface area contributed by atoms with E-state index in [1.54, 1.807) is 48.9 Å². The van der Waals surface area contributed by atoms with Gasteiger partial charge in [0.1, 0.15) is 17.8 Å². The summed E-state index contributed by atoms with van der Waals surface area (Å²) in [5, 5.41) is 10.3. The van der Waals surface area contributed by atoms with E-state index in [0.29, 0.717) is 26.5 Å². The highest BCUT2D eigenvalue weighted by Crippen LogP contribution is 2.30. The summed E-state index contributed by atoms with van der Waals surface area (Å²) < 4.78 is 0. The van der Waals surface area contributed by atoms with Crippen LogP contribution >= 0.6 is 34.8 Å². The molecule has 0 aliphatic rings. The molecule has 0 spiro atoms. The molecule has 0 N–H and O–H groups in total. The second-order valence-corrected chi connectivity index (χ2v) is 6.59. The van der Waals surface area contributed by atoms with Gasteiger partial charge < -0.3 is 0 Å². The first-order valence-electron chi connectivity index (χ1n) is 7.52. The number of aromatic nitrogens is 2. The van der Waals surface area contributed by atoms with Crippen LogP contribution in [-0.4, -0.2) is 16.2 Å². The molecular formula is C19H11Cl3N4. The highest BCUT2D eigenvalue weighted by Gasteiger charge is 2.15. The van der Waals surface area contributed by atoms with Crippen molar-refractivity contribution in [3.8, 4) is 6.07 Å². The van der Waals surface area contributed by atoms with Crippen LogP contribution in [0.4, 0.5) is 0 Å². The molecule has 1 unspecified atom stereocenters. The third-order valence-electron chi connectivity index (χ3n) is 3.56. The number of halogens is 3. The molecule has 7 heteroatoms. The molecule has 4 nitrogen and oxygen atoms in total. The zero-order valence-electron chi connectivity index (χ0n) is 13.3. The maximum absolute atomic E-state index is 8.83. The number of nitrogens with zero attached hydrogens (tertiary/aromatic N) is 4. The minimum absolute atomic E-state index is 0.350. The molecule has 3 aromatic rings. The lowest BCUT2D eigenvalue weighted by Crippen LogP contribution is -2.02. The summed E-state index contributed by atoms with van der Waals surface area (Å²) in [6.45, 7) is 0. The molecule has 0 saturated carbocycles. The van der Waals surface area contributed by atoms with Gasteiger partial charge in [0, 0.05) is 24.2 Å². The number of benzene rings is 1. The van der Waals surface area contributed by atoms with E-state index >= 15 is 0 Å². The molecule has 2 heterocycles. The average molecular weight is 402 g/mol. The highest BCUT2D eigenvalue weighted by atomic mass is 35.5. The highest BCUT2D eigenvalue weighted by molar-refractivity contribution is 6.42. The maximum atomic E-state index is 8.83. The van der Waals surface area contributed by atoms with Gasteiger partial charge in [-0.25, -0.2) is 4.98 Å². The second-order valence-electron chi connectivity index (χ2n) is 5.34. The Balaban J connectivity index is 1.99. The van der Waals surface area contributed by atoms with Crippen LogP contribution in [0.5, 0.6) is 0 Å². The van der Waals surface area contributed by atoms with Crippen molar-refractivity contribution in [2.45, 2.75) is 6.04 Å². The van der Waals surface area contributed by atoms with Crippen LogP contribution in [0.25, 0.3) is 0 Å². The predicted octanol–water partition coefficient (Wildman–Crippen LogP) is 5.52. The molecule has 2 aromatic heterocycles. The van der Waals surface area contributed by atoms with Gasteiger partial charge in [-0.05, 0) is 42.0 Å². The van der Waals surface area contributed by atoms with Gasteiger partial charge in [0.15, 0.2) is 0 Å². The van der Waals surface area contributed by atoms with E-state index in [-0.39, 0.29) is 0 Å². The fraction of sp³-hybridized carbons (Fsp3) is 0.0526. The van der Waals surface area contributed by atoms with E-state index in [1.807, 2.05) is 18.2 Å². The summed E-state index contributed by atoms with van der Waals surface area (Å²) >= 11 is 18.1. The van der Waals surface area contributed by atoms with E-state index in [4.69, 9.17) is 40.1 Å². The van der Waals surface area contributed by atoms with Gasteiger partial charge in [-0.3, -0.25) is 9.98 Å². The Labute approximate surface area is 165 Å². The van der Waals surface area contributed by atoms with Crippen molar-refractivity contribution >= 4 is 41.0 Å². The molecule has 0 bridgehead atoms. The molecular weight excluding hydrogens is 391 g/mol. The zero-order valence-corrected chi connectivity index (χ0v) is 15.5. The molecule has 0 aliphatic carbocycles. The molecule has 0 radical (unpaired) electrons. The number of pyridine rings is 2. The van der Waals surface area contributed by atoms with Crippen molar-refractivity contribution in [2.24, 2.45) is 4.99 Å². The van der Waals surface area contributed by atoms with E-state index in [9.17, 15) is 0 Å². The third kappa shape index (κ3) is 4.39. The standard InChI is InChI=1S/C19H11Cl3N4/c20-14-3-6-18(25-11-14)19(13-2-5-16(21)17(22)7-13)26-10-12-1-4-15(8-23)24-9-12/h1-7,9-11,19H. The molecule has 0 aliphatic heterocycles. The summed E-state index contributed by atoms with van der Waals surface area (Å²) in [5.41, 5.74) is 2.67. The van der Waals surface area contributed by atoms with Crippen molar-refractivity contribution < 1.29 is 0 Å². The number of rotatable bonds is 4. The Morgan fingerprint density at radius 3 is 2.42 bits per heavy atom. The van der Waals surface area contributed by atoms with Crippen molar-refractivity contribution in [3.05, 3.63) is 92.4 Å². The Hall–Kier alpha value is -2.45. The number of hydrogen-bond acceptors (Lipinski definition) is 4. The van der Waals surface area contributed by atoms with Gasteiger partial charge >= 0.3 is 0 Å². The van der Waals surface area contributed by atoms with Gasteiger partial charge in [-0.15, -0.1) is 0 Å². The topological polar surface area (TPSA) is 61.9 Å². The molecule has 1 atom stereocenters. The van der Waals surface area contributed by atoms with Gasteiger partial charge in [0.25, 0.3) is 0 Å². The first-order chi connectivity index (χ1) is 12.6. The Morgan fingerprint density at radius 1 is 0.962 bits per heavy atom. The molecule has 0 fully saturated rings. The van der Waals surface area contributed by atoms with Gasteiger partial charge in [-0.1, -0.05) is 40.9 Å². The predicted molar refractivity (Wildman–Crippen MR) is 104 cm³/mol. The van der Waals surface area contributed by atoms with Crippen molar-refractivity contribution in [2.75, 3.05) is 0 Å². The van der Waals surface area contributed by atoms with Crippen LogP contribution in [0.1, 0.15) is 28.6 Å². The molecule has 3 rings (SSSR count). The summed E-state index contributed by atoms with van der Waals surface area (Å²) in [6.07, 6.45) is 4.83. The monoisotopic (exact) mass is 400 g/mol. The smallest absolute Gasteiger partial charge is 0.140 e. The van der Waals surface area contributed by atoms with Crippen LogP contribution in [0.3, 0.4) is 0 Å². The van der Waals surface area contributed by atoms with Crippen LogP contribution < -0.4 is 0 Å². The minimum Gasteiger partial charge on any atom is -0.278 e. The van der Waals surface area contributed by atoms with Crippen LogP contribution in [0, 0.1) is 11.3 Å². The normalized spacial score (nSPS) is 12.1. The van der Waals surface area contributed by atoms with E-state index in [0.717, 1.165) is 11.1 Å². The summed E-state index contributed by atoms with van der Waals surface area (Å²) in [5.74, 6) is 0. The van der Waals surface area contributed by atoms with E-state index in [2.05, 4.69) is 15.0 Å². The first kappa shape index (κ1) is 18.3. The second kappa shape index (κ2) is 8.29. The van der Waals surface area contributed by atoms with Gasteiger partial charge in [0.2, 0.25) is 0 Å². The fourth-order valence-electron chi connectivity index (χ4n) is 2.27. The van der Waals surface area contributed by atoms with E-state index in [1.165, 1.54) is 0 Å². The van der Waals surface area contributed by atoms with Crippen molar-refractivity contribution in [1.82, 2.24) is 9.97 Å². The first-order valence-corrected chi connectivity index (χ1v) is 8.66. The lowest BCUT2D eigenvalue weighted by molar-refractivity contribution is 0.835. The molecule has 0 amide bonds. The van der Waals surface area contributed by atoms with Crippen LogP contribution in [0.2, 0.25) is 15.1 Å². The Morgan fingerprint density at radius 2 is 1.81 bits per heavy atom. The SMILES string of the molecule is N#Cc1ccc(C=NC(c2ccc(Cl)c(Cl)c2)c2ccc(Cl)cn2)cn1. The summed E-state index contributed by atoms with van der Waals surface area (Å²) in [6, 6.07) is 13.9. The summed E-state index contributed by atoms with van der Waals surface area (Å²) in [7, 11) is 0. The fourth-order valence-corrected chi connectivity index (χ4v) is 2.69. The quantitative estimate of drug-likeness (QED) is 0.541. The number of nitriles is 1. The minimum atomic E-state index is -0.391. The molecule has 1 aromatic carbocycles. The molecule has 26 heavy (non-hydrogen) atoms. The van der Waals surface area contributed by atoms with Gasteiger partial charge in [0.05, 0.1) is 20.8 Å².